The Morgan fingerprint density at radius 1 is 1.50 bits per heavy atom. The van der Waals surface area contributed by atoms with Crippen molar-refractivity contribution in [2.75, 3.05) is 17.6 Å². The lowest BCUT2D eigenvalue weighted by Gasteiger charge is -2.13. The van der Waals surface area contributed by atoms with E-state index < -0.39 is 18.0 Å². The molecule has 1 unspecified atom stereocenters. The molecule has 0 spiro atoms. The maximum atomic E-state index is 12.4. The van der Waals surface area contributed by atoms with E-state index in [1.54, 1.807) is 0 Å². The highest BCUT2D eigenvalue weighted by atomic mass is 19.4. The largest absolute Gasteiger partial charge is 0.433 e. The molecule has 1 heterocycles. The summed E-state index contributed by atoms with van der Waals surface area (Å²) in [5.74, 6) is 0. The molecule has 0 aromatic carbocycles. The zero-order chi connectivity index (χ0) is 13.8. The molecular weight excluding hydrogens is 247 g/mol. The van der Waals surface area contributed by atoms with E-state index >= 15 is 0 Å². The van der Waals surface area contributed by atoms with Gasteiger partial charge in [-0.25, -0.2) is 4.98 Å². The number of aliphatic hydroxyl groups excluding tert-OH is 1. The van der Waals surface area contributed by atoms with Crippen LogP contribution in [0, 0.1) is 0 Å². The number of halogens is 3. The van der Waals surface area contributed by atoms with Gasteiger partial charge in [-0.1, -0.05) is 6.92 Å². The number of pyridine rings is 1. The number of anilines is 2. The van der Waals surface area contributed by atoms with Crippen LogP contribution in [0.25, 0.3) is 0 Å². The van der Waals surface area contributed by atoms with Crippen LogP contribution in [0.4, 0.5) is 24.5 Å². The lowest BCUT2D eigenvalue weighted by Crippen LogP contribution is -2.14. The fourth-order valence-corrected chi connectivity index (χ4v) is 1.35. The summed E-state index contributed by atoms with van der Waals surface area (Å²) in [5.41, 5.74) is 4.87. The molecule has 0 radical (unpaired) electrons. The third kappa shape index (κ3) is 4.06. The molecule has 4 N–H and O–H groups in total. The SMILES string of the molecule is CCC(O)CCNc1cc(C(F)(F)F)ncc1N. The van der Waals surface area contributed by atoms with Crippen molar-refractivity contribution in [2.24, 2.45) is 0 Å². The smallest absolute Gasteiger partial charge is 0.396 e. The molecule has 0 bridgehead atoms. The number of nitrogens with one attached hydrogen (secondary N) is 1. The third-order valence-corrected chi connectivity index (χ3v) is 2.49. The van der Waals surface area contributed by atoms with Crippen molar-refractivity contribution in [3.63, 3.8) is 0 Å². The second kappa shape index (κ2) is 5.90. The van der Waals surface area contributed by atoms with E-state index in [0.717, 1.165) is 12.3 Å². The minimum Gasteiger partial charge on any atom is -0.396 e. The Morgan fingerprint density at radius 3 is 2.72 bits per heavy atom. The fourth-order valence-electron chi connectivity index (χ4n) is 1.35. The van der Waals surface area contributed by atoms with E-state index in [1.807, 2.05) is 6.92 Å². The van der Waals surface area contributed by atoms with Gasteiger partial charge >= 0.3 is 6.18 Å². The Kier molecular flexibility index (Phi) is 4.77. The van der Waals surface area contributed by atoms with E-state index in [-0.39, 0.29) is 11.4 Å². The predicted octanol–water partition coefficient (Wildman–Crippen LogP) is 2.26. The van der Waals surface area contributed by atoms with Crippen molar-refractivity contribution >= 4 is 11.4 Å². The number of nitrogen functional groups attached to an aromatic ring is 1. The highest BCUT2D eigenvalue weighted by molar-refractivity contribution is 5.65. The first-order chi connectivity index (χ1) is 8.34. The number of aromatic nitrogens is 1. The summed E-state index contributed by atoms with van der Waals surface area (Å²) >= 11 is 0. The number of hydrogen-bond acceptors (Lipinski definition) is 4. The fraction of sp³-hybridized carbons (Fsp3) is 0.545. The van der Waals surface area contributed by atoms with Crippen molar-refractivity contribution in [1.82, 2.24) is 4.98 Å². The lowest BCUT2D eigenvalue weighted by atomic mass is 10.2. The second-order valence-electron chi connectivity index (χ2n) is 3.93. The average molecular weight is 263 g/mol. The van der Waals surface area contributed by atoms with Crippen LogP contribution in [0.5, 0.6) is 0 Å². The molecule has 0 saturated heterocycles. The highest BCUT2D eigenvalue weighted by Gasteiger charge is 2.32. The Morgan fingerprint density at radius 2 is 2.17 bits per heavy atom. The van der Waals surface area contributed by atoms with Crippen LogP contribution < -0.4 is 11.1 Å². The van der Waals surface area contributed by atoms with Crippen LogP contribution in [0.1, 0.15) is 25.5 Å². The monoisotopic (exact) mass is 263 g/mol. The second-order valence-corrected chi connectivity index (χ2v) is 3.93. The normalized spacial score (nSPS) is 13.4. The maximum absolute atomic E-state index is 12.4. The van der Waals surface area contributed by atoms with Crippen LogP contribution in [-0.4, -0.2) is 22.7 Å². The lowest BCUT2D eigenvalue weighted by molar-refractivity contribution is -0.141. The minimum atomic E-state index is -4.49. The zero-order valence-electron chi connectivity index (χ0n) is 9.96. The maximum Gasteiger partial charge on any atom is 0.433 e. The van der Waals surface area contributed by atoms with Crippen molar-refractivity contribution < 1.29 is 18.3 Å². The molecule has 1 rings (SSSR count). The summed E-state index contributed by atoms with van der Waals surface area (Å²) in [4.78, 5) is 3.23. The summed E-state index contributed by atoms with van der Waals surface area (Å²) in [6, 6.07) is 0.869. The van der Waals surface area contributed by atoms with Gasteiger partial charge < -0.3 is 16.2 Å². The number of nitrogens with two attached hydrogens (primary N) is 1. The number of alkyl halides is 3. The Balaban J connectivity index is 2.70. The molecule has 1 aromatic rings. The van der Waals surface area contributed by atoms with Gasteiger partial charge in [-0.2, -0.15) is 13.2 Å². The molecule has 0 fully saturated rings. The number of hydrogen-bond donors (Lipinski definition) is 3. The molecule has 7 heteroatoms. The van der Waals surface area contributed by atoms with Crippen molar-refractivity contribution in [3.05, 3.63) is 18.0 Å². The average Bonchev–Trinajstić information content (AvgIpc) is 2.29. The van der Waals surface area contributed by atoms with Crippen LogP contribution >= 0.6 is 0 Å². The van der Waals surface area contributed by atoms with Gasteiger partial charge in [0.15, 0.2) is 0 Å². The molecule has 0 saturated carbocycles. The first kappa shape index (κ1) is 14.6. The van der Waals surface area contributed by atoms with Crippen molar-refractivity contribution in [2.45, 2.75) is 32.0 Å². The molecule has 1 aromatic heterocycles. The van der Waals surface area contributed by atoms with Gasteiger partial charge in [0, 0.05) is 6.54 Å². The van der Waals surface area contributed by atoms with E-state index in [9.17, 15) is 18.3 Å². The van der Waals surface area contributed by atoms with Gasteiger partial charge in [-0.15, -0.1) is 0 Å². The molecule has 4 nitrogen and oxygen atoms in total. The van der Waals surface area contributed by atoms with E-state index in [1.165, 1.54) is 0 Å². The molecule has 18 heavy (non-hydrogen) atoms. The van der Waals surface area contributed by atoms with Crippen LogP contribution in [-0.2, 0) is 6.18 Å². The van der Waals surface area contributed by atoms with Crippen molar-refractivity contribution in [3.8, 4) is 0 Å². The van der Waals surface area contributed by atoms with E-state index in [2.05, 4.69) is 10.3 Å². The Bertz CT molecular complexity index is 396. The van der Waals surface area contributed by atoms with Gasteiger partial charge in [0.1, 0.15) is 5.69 Å². The van der Waals surface area contributed by atoms with E-state index in [0.29, 0.717) is 19.4 Å². The quantitative estimate of drug-likeness (QED) is 0.762. The third-order valence-electron chi connectivity index (χ3n) is 2.49. The molecule has 0 aliphatic heterocycles. The number of rotatable bonds is 5. The Labute approximate surface area is 103 Å². The zero-order valence-corrected chi connectivity index (χ0v) is 9.96. The number of nitrogens with zero attached hydrogens (tertiary/aromatic N) is 1. The summed E-state index contributed by atoms with van der Waals surface area (Å²) in [6.45, 7) is 2.17. The molecule has 102 valence electrons. The van der Waals surface area contributed by atoms with Crippen LogP contribution in [0.15, 0.2) is 12.3 Å². The van der Waals surface area contributed by atoms with E-state index in [4.69, 9.17) is 5.73 Å². The summed E-state index contributed by atoms with van der Waals surface area (Å²) in [6.07, 6.45) is -2.95. The molecular formula is C11H16F3N3O. The summed E-state index contributed by atoms with van der Waals surface area (Å²) in [7, 11) is 0. The molecule has 1 atom stereocenters. The molecule has 0 amide bonds. The van der Waals surface area contributed by atoms with Gasteiger partial charge in [0.2, 0.25) is 0 Å². The van der Waals surface area contributed by atoms with Gasteiger partial charge in [-0.05, 0) is 18.9 Å². The Hall–Kier alpha value is -1.50. The van der Waals surface area contributed by atoms with Crippen LogP contribution in [0.2, 0.25) is 0 Å². The minimum absolute atomic E-state index is 0.147. The van der Waals surface area contributed by atoms with Crippen LogP contribution in [0.3, 0.4) is 0 Å². The van der Waals surface area contributed by atoms with Gasteiger partial charge in [0.05, 0.1) is 23.7 Å². The summed E-state index contributed by atoms with van der Waals surface area (Å²) < 4.78 is 37.3. The molecule has 0 aliphatic carbocycles. The van der Waals surface area contributed by atoms with Crippen molar-refractivity contribution in [1.29, 1.82) is 0 Å². The topological polar surface area (TPSA) is 71.2 Å². The molecule has 0 aliphatic rings. The van der Waals surface area contributed by atoms with Gasteiger partial charge in [-0.3, -0.25) is 0 Å². The standard InChI is InChI=1S/C11H16F3N3O/c1-2-7(18)3-4-16-9-5-10(11(12,13)14)17-6-8(9)15/h5-7,18H,2-4,15H2,1H3,(H,16,17). The highest BCUT2D eigenvalue weighted by Crippen LogP contribution is 2.30. The summed E-state index contributed by atoms with van der Waals surface area (Å²) in [5, 5.41) is 12.1. The van der Waals surface area contributed by atoms with Gasteiger partial charge in [0.25, 0.3) is 0 Å². The predicted molar refractivity (Wildman–Crippen MR) is 63.1 cm³/mol. The first-order valence-electron chi connectivity index (χ1n) is 5.59. The number of aliphatic hydroxyl groups is 1. The first-order valence-corrected chi connectivity index (χ1v) is 5.59.